The average Bonchev–Trinajstić information content (AvgIpc) is 3.15. The number of aryl methyl sites for hydroxylation is 1. The summed E-state index contributed by atoms with van der Waals surface area (Å²) >= 11 is 1.32. The van der Waals surface area contributed by atoms with Crippen LogP contribution in [0.25, 0.3) is 10.6 Å². The second kappa shape index (κ2) is 6.54. The first-order valence-electron chi connectivity index (χ1n) is 7.26. The van der Waals surface area contributed by atoms with Gasteiger partial charge in [0, 0.05) is 18.7 Å². The predicted molar refractivity (Wildman–Crippen MR) is 83.6 cm³/mol. The number of halogens is 1. The van der Waals surface area contributed by atoms with Crippen LogP contribution in [0.15, 0.2) is 24.3 Å². The number of ether oxygens (including phenoxy) is 1. The third-order valence-corrected chi connectivity index (χ3v) is 4.81. The molecule has 116 valence electrons. The van der Waals surface area contributed by atoms with E-state index in [0.717, 1.165) is 30.0 Å². The van der Waals surface area contributed by atoms with Crippen LogP contribution < -0.4 is 5.32 Å². The Morgan fingerprint density at radius 3 is 2.91 bits per heavy atom. The highest BCUT2D eigenvalue weighted by atomic mass is 32.1. The van der Waals surface area contributed by atoms with Crippen LogP contribution in [0.1, 0.15) is 28.2 Å². The summed E-state index contributed by atoms with van der Waals surface area (Å²) in [6.07, 6.45) is 2.16. The van der Waals surface area contributed by atoms with Crippen LogP contribution in [0.5, 0.6) is 0 Å². The largest absolute Gasteiger partial charge is 0.376 e. The van der Waals surface area contributed by atoms with Crippen LogP contribution in [-0.4, -0.2) is 30.1 Å². The number of benzene rings is 1. The van der Waals surface area contributed by atoms with Gasteiger partial charge in [-0.3, -0.25) is 4.79 Å². The zero-order chi connectivity index (χ0) is 15.5. The van der Waals surface area contributed by atoms with Crippen LogP contribution in [0, 0.1) is 12.7 Å². The Labute approximate surface area is 132 Å². The molecule has 1 fully saturated rings. The van der Waals surface area contributed by atoms with Crippen LogP contribution >= 0.6 is 11.3 Å². The Balaban J connectivity index is 1.71. The minimum absolute atomic E-state index is 0.119. The number of carbonyl (C=O) groups is 1. The SMILES string of the molecule is Cc1nc(-c2ccc(F)cc2)sc1C(=O)NC[C@H]1CCCO1. The van der Waals surface area contributed by atoms with Gasteiger partial charge in [0.2, 0.25) is 0 Å². The van der Waals surface area contributed by atoms with Gasteiger partial charge in [0.25, 0.3) is 5.91 Å². The predicted octanol–water partition coefficient (Wildman–Crippen LogP) is 3.17. The Morgan fingerprint density at radius 1 is 1.45 bits per heavy atom. The summed E-state index contributed by atoms with van der Waals surface area (Å²) in [4.78, 5) is 17.3. The number of nitrogens with one attached hydrogen (secondary N) is 1. The molecule has 1 aromatic heterocycles. The fraction of sp³-hybridized carbons (Fsp3) is 0.375. The second-order valence-electron chi connectivity index (χ2n) is 5.29. The molecule has 4 nitrogen and oxygen atoms in total. The molecule has 6 heteroatoms. The van der Waals surface area contributed by atoms with Crippen molar-refractivity contribution >= 4 is 17.2 Å². The lowest BCUT2D eigenvalue weighted by molar-refractivity contribution is 0.0860. The van der Waals surface area contributed by atoms with E-state index in [1.807, 2.05) is 6.92 Å². The van der Waals surface area contributed by atoms with Gasteiger partial charge in [0.15, 0.2) is 0 Å². The lowest BCUT2D eigenvalue weighted by atomic mass is 10.2. The highest BCUT2D eigenvalue weighted by Crippen LogP contribution is 2.28. The van der Waals surface area contributed by atoms with E-state index in [0.29, 0.717) is 17.1 Å². The number of nitrogens with zero attached hydrogens (tertiary/aromatic N) is 1. The van der Waals surface area contributed by atoms with Gasteiger partial charge >= 0.3 is 0 Å². The average molecular weight is 320 g/mol. The van der Waals surface area contributed by atoms with Gasteiger partial charge in [-0.2, -0.15) is 0 Å². The third kappa shape index (κ3) is 3.34. The van der Waals surface area contributed by atoms with Crippen molar-refractivity contribution in [2.45, 2.75) is 25.9 Å². The highest BCUT2D eigenvalue weighted by Gasteiger charge is 2.19. The van der Waals surface area contributed by atoms with E-state index in [9.17, 15) is 9.18 Å². The smallest absolute Gasteiger partial charge is 0.263 e. The van der Waals surface area contributed by atoms with Crippen LogP contribution in [0.3, 0.4) is 0 Å². The van der Waals surface area contributed by atoms with E-state index < -0.39 is 0 Å². The van der Waals surface area contributed by atoms with E-state index in [2.05, 4.69) is 10.3 Å². The van der Waals surface area contributed by atoms with Gasteiger partial charge in [-0.15, -0.1) is 11.3 Å². The van der Waals surface area contributed by atoms with Gasteiger partial charge < -0.3 is 10.1 Å². The van der Waals surface area contributed by atoms with Crippen molar-refractivity contribution in [1.82, 2.24) is 10.3 Å². The van der Waals surface area contributed by atoms with Crippen LogP contribution in [0.2, 0.25) is 0 Å². The van der Waals surface area contributed by atoms with Crippen molar-refractivity contribution in [2.24, 2.45) is 0 Å². The molecule has 1 aliphatic heterocycles. The van der Waals surface area contributed by atoms with E-state index in [1.165, 1.54) is 23.5 Å². The van der Waals surface area contributed by atoms with E-state index >= 15 is 0 Å². The highest BCUT2D eigenvalue weighted by molar-refractivity contribution is 7.17. The normalized spacial score (nSPS) is 17.6. The summed E-state index contributed by atoms with van der Waals surface area (Å²) in [5.74, 6) is -0.412. The molecule has 1 saturated heterocycles. The van der Waals surface area contributed by atoms with E-state index in [1.54, 1.807) is 12.1 Å². The number of hydrogen-bond acceptors (Lipinski definition) is 4. The maximum atomic E-state index is 13.0. The Kier molecular flexibility index (Phi) is 4.49. The molecule has 2 aromatic rings. The number of carbonyl (C=O) groups excluding carboxylic acids is 1. The maximum Gasteiger partial charge on any atom is 0.263 e. The van der Waals surface area contributed by atoms with Crippen LogP contribution in [-0.2, 0) is 4.74 Å². The zero-order valence-electron chi connectivity index (χ0n) is 12.3. The van der Waals surface area contributed by atoms with E-state index in [4.69, 9.17) is 4.74 Å². The first-order chi connectivity index (χ1) is 10.6. The molecule has 1 amide bonds. The Morgan fingerprint density at radius 2 is 2.23 bits per heavy atom. The van der Waals surface area contributed by atoms with E-state index in [-0.39, 0.29) is 17.8 Å². The number of amides is 1. The molecule has 0 bridgehead atoms. The topological polar surface area (TPSA) is 51.2 Å². The molecule has 0 radical (unpaired) electrons. The molecule has 1 N–H and O–H groups in total. The van der Waals surface area contributed by atoms with Crippen molar-refractivity contribution in [3.63, 3.8) is 0 Å². The summed E-state index contributed by atoms with van der Waals surface area (Å²) in [6.45, 7) is 3.11. The summed E-state index contributed by atoms with van der Waals surface area (Å²) in [5.41, 5.74) is 1.50. The summed E-state index contributed by atoms with van der Waals surface area (Å²) in [6, 6.07) is 6.12. The Bertz CT molecular complexity index is 663. The van der Waals surface area contributed by atoms with Gasteiger partial charge in [-0.1, -0.05) is 0 Å². The Hall–Kier alpha value is -1.79. The molecule has 0 spiro atoms. The molecular formula is C16H17FN2O2S. The first kappa shape index (κ1) is 15.1. The quantitative estimate of drug-likeness (QED) is 0.941. The second-order valence-corrected chi connectivity index (χ2v) is 6.28. The maximum absolute atomic E-state index is 13.0. The molecule has 1 aliphatic rings. The monoisotopic (exact) mass is 320 g/mol. The summed E-state index contributed by atoms with van der Waals surface area (Å²) in [7, 11) is 0. The van der Waals surface area contributed by atoms with Crippen molar-refractivity contribution in [1.29, 1.82) is 0 Å². The molecule has 0 saturated carbocycles. The fourth-order valence-electron chi connectivity index (χ4n) is 2.42. The standard InChI is InChI=1S/C16H17FN2O2S/c1-10-14(15(20)18-9-13-3-2-8-21-13)22-16(19-10)11-4-6-12(17)7-5-11/h4-7,13H,2-3,8-9H2,1H3,(H,18,20)/t13-/m1/s1. The lowest BCUT2D eigenvalue weighted by Crippen LogP contribution is -2.31. The van der Waals surface area contributed by atoms with Crippen molar-refractivity contribution in [3.8, 4) is 10.6 Å². The van der Waals surface area contributed by atoms with Gasteiger partial charge in [0.05, 0.1) is 11.8 Å². The summed E-state index contributed by atoms with van der Waals surface area (Å²) in [5, 5.41) is 3.62. The number of thiazole rings is 1. The fourth-order valence-corrected chi connectivity index (χ4v) is 3.40. The van der Waals surface area contributed by atoms with Gasteiger partial charge in [-0.05, 0) is 44.0 Å². The molecule has 22 heavy (non-hydrogen) atoms. The van der Waals surface area contributed by atoms with Gasteiger partial charge in [-0.25, -0.2) is 9.37 Å². The molecule has 3 rings (SSSR count). The molecule has 1 aromatic carbocycles. The molecule has 1 atom stereocenters. The van der Waals surface area contributed by atoms with Crippen molar-refractivity contribution in [2.75, 3.05) is 13.2 Å². The van der Waals surface area contributed by atoms with Crippen LogP contribution in [0.4, 0.5) is 4.39 Å². The molecule has 0 aliphatic carbocycles. The summed E-state index contributed by atoms with van der Waals surface area (Å²) < 4.78 is 18.5. The number of hydrogen-bond donors (Lipinski definition) is 1. The third-order valence-electron chi connectivity index (χ3n) is 3.61. The molecule has 2 heterocycles. The number of rotatable bonds is 4. The minimum Gasteiger partial charge on any atom is -0.376 e. The van der Waals surface area contributed by atoms with Crippen molar-refractivity contribution < 1.29 is 13.9 Å². The molecular weight excluding hydrogens is 303 g/mol. The lowest BCUT2D eigenvalue weighted by Gasteiger charge is -2.09. The first-order valence-corrected chi connectivity index (χ1v) is 8.08. The molecule has 0 unspecified atom stereocenters. The van der Waals surface area contributed by atoms with Gasteiger partial charge in [0.1, 0.15) is 15.7 Å². The van der Waals surface area contributed by atoms with Crippen molar-refractivity contribution in [3.05, 3.63) is 40.7 Å². The minimum atomic E-state index is -0.286. The number of aromatic nitrogens is 1. The zero-order valence-corrected chi connectivity index (χ0v) is 13.1.